The third-order valence-electron chi connectivity index (χ3n) is 3.31. The number of nitrogens with zero attached hydrogens (tertiary/aromatic N) is 1. The fraction of sp³-hybridized carbons (Fsp3) is 0.214. The lowest BCUT2D eigenvalue weighted by molar-refractivity contribution is 0.0697. The molecule has 1 N–H and O–H groups in total. The summed E-state index contributed by atoms with van der Waals surface area (Å²) in [5.41, 5.74) is 1.69. The van der Waals surface area contributed by atoms with Crippen LogP contribution in [-0.4, -0.2) is 21.4 Å². The maximum absolute atomic E-state index is 11.0. The van der Waals surface area contributed by atoms with Crippen LogP contribution >= 0.6 is 27.7 Å². The highest BCUT2D eigenvalue weighted by atomic mass is 79.9. The van der Waals surface area contributed by atoms with Crippen LogP contribution in [0.25, 0.3) is 0 Å². The molecule has 0 saturated carbocycles. The van der Waals surface area contributed by atoms with Crippen molar-refractivity contribution in [3.8, 4) is 0 Å². The van der Waals surface area contributed by atoms with Gasteiger partial charge in [0.1, 0.15) is 0 Å². The van der Waals surface area contributed by atoms with Crippen molar-refractivity contribution in [2.75, 3.05) is 5.75 Å². The minimum atomic E-state index is -0.888. The number of halogens is 1. The van der Waals surface area contributed by atoms with E-state index in [9.17, 15) is 4.79 Å². The number of carboxylic acid groups (broad SMARTS) is 1. The van der Waals surface area contributed by atoms with Gasteiger partial charge >= 0.3 is 5.97 Å². The van der Waals surface area contributed by atoms with Crippen LogP contribution in [0.3, 0.4) is 0 Å². The van der Waals surface area contributed by atoms with Gasteiger partial charge in [0.15, 0.2) is 0 Å². The van der Waals surface area contributed by atoms with Gasteiger partial charge in [0, 0.05) is 29.3 Å². The normalized spacial score (nSPS) is 17.4. The van der Waals surface area contributed by atoms with Crippen molar-refractivity contribution in [2.24, 2.45) is 0 Å². The van der Waals surface area contributed by atoms with Crippen LogP contribution in [0.5, 0.6) is 0 Å². The second-order valence-electron chi connectivity index (χ2n) is 4.55. The number of rotatable bonds is 3. The molecule has 3 nitrogen and oxygen atoms in total. The summed E-state index contributed by atoms with van der Waals surface area (Å²) >= 11 is 5.29. The van der Waals surface area contributed by atoms with Gasteiger partial charge in [0.25, 0.3) is 0 Å². The maximum atomic E-state index is 11.0. The Morgan fingerprint density at radius 3 is 3.00 bits per heavy atom. The number of benzene rings is 1. The van der Waals surface area contributed by atoms with Crippen molar-refractivity contribution in [1.82, 2.24) is 4.57 Å². The number of thioether (sulfide) groups is 1. The summed E-state index contributed by atoms with van der Waals surface area (Å²) in [5, 5.41) is 9.00. The molecule has 0 aliphatic carbocycles. The average Bonchev–Trinajstić information content (AvgIpc) is 2.96. The van der Waals surface area contributed by atoms with Gasteiger partial charge in [-0.15, -0.1) is 11.8 Å². The molecule has 1 aliphatic rings. The minimum absolute atomic E-state index is 0.325. The summed E-state index contributed by atoms with van der Waals surface area (Å²) in [7, 11) is 0. The Morgan fingerprint density at radius 2 is 2.26 bits per heavy atom. The lowest BCUT2D eigenvalue weighted by Crippen LogP contribution is -2.08. The summed E-state index contributed by atoms with van der Waals surface area (Å²) in [5.74, 6) is 0.596. The van der Waals surface area contributed by atoms with E-state index in [1.165, 1.54) is 10.5 Å². The summed E-state index contributed by atoms with van der Waals surface area (Å²) in [6.07, 6.45) is 1.69. The summed E-state index contributed by atoms with van der Waals surface area (Å²) in [6, 6.07) is 10.1. The lowest BCUT2D eigenvalue weighted by Gasteiger charge is -2.12. The van der Waals surface area contributed by atoms with Crippen LogP contribution in [0.4, 0.5) is 0 Å². The highest BCUT2D eigenvalue weighted by Gasteiger charge is 2.23. The zero-order valence-corrected chi connectivity index (χ0v) is 12.4. The van der Waals surface area contributed by atoms with E-state index in [2.05, 4.69) is 40.2 Å². The SMILES string of the molecule is O=C(O)c1cc(Br)n(CC2CSc3ccccc32)c1. The topological polar surface area (TPSA) is 42.2 Å². The molecule has 1 unspecified atom stereocenters. The number of aromatic nitrogens is 1. The quantitative estimate of drug-likeness (QED) is 0.925. The van der Waals surface area contributed by atoms with Crippen LogP contribution in [-0.2, 0) is 6.54 Å². The molecule has 19 heavy (non-hydrogen) atoms. The fourth-order valence-electron chi connectivity index (χ4n) is 2.35. The van der Waals surface area contributed by atoms with Crippen LogP contribution in [0.2, 0.25) is 0 Å². The van der Waals surface area contributed by atoms with E-state index in [1.807, 2.05) is 16.3 Å². The first kappa shape index (κ1) is 12.8. The molecular weight excluding hydrogens is 326 g/mol. The zero-order chi connectivity index (χ0) is 13.4. The molecule has 0 amide bonds. The first-order valence-corrected chi connectivity index (χ1v) is 7.73. The lowest BCUT2D eigenvalue weighted by atomic mass is 10.0. The fourth-order valence-corrected chi connectivity index (χ4v) is 4.09. The smallest absolute Gasteiger partial charge is 0.337 e. The third kappa shape index (κ3) is 2.44. The first-order chi connectivity index (χ1) is 9.15. The van der Waals surface area contributed by atoms with Crippen LogP contribution in [0.1, 0.15) is 21.8 Å². The second kappa shape index (κ2) is 5.06. The monoisotopic (exact) mass is 337 g/mol. The van der Waals surface area contributed by atoms with Gasteiger partial charge in [-0.1, -0.05) is 18.2 Å². The Bertz CT molecular complexity index is 638. The molecule has 98 valence electrons. The molecule has 0 fully saturated rings. The van der Waals surface area contributed by atoms with Crippen LogP contribution in [0, 0.1) is 0 Å². The molecule has 1 aromatic heterocycles. The van der Waals surface area contributed by atoms with Crippen molar-refractivity contribution >= 4 is 33.7 Å². The van der Waals surface area contributed by atoms with Gasteiger partial charge in [-0.25, -0.2) is 4.79 Å². The van der Waals surface area contributed by atoms with Gasteiger partial charge in [0.2, 0.25) is 0 Å². The van der Waals surface area contributed by atoms with Crippen molar-refractivity contribution in [3.05, 3.63) is 52.3 Å². The minimum Gasteiger partial charge on any atom is -0.478 e. The maximum Gasteiger partial charge on any atom is 0.337 e. The standard InChI is InChI=1S/C14H12BrNO2S/c15-13-5-9(14(17)18)6-16(13)7-10-8-19-12-4-2-1-3-11(10)12/h1-6,10H,7-8H2,(H,17,18). The first-order valence-electron chi connectivity index (χ1n) is 5.96. The van der Waals surface area contributed by atoms with Crippen molar-refractivity contribution in [1.29, 1.82) is 0 Å². The number of carbonyl (C=O) groups is 1. The predicted molar refractivity (Wildman–Crippen MR) is 79.0 cm³/mol. The highest BCUT2D eigenvalue weighted by molar-refractivity contribution is 9.10. The Morgan fingerprint density at radius 1 is 1.47 bits per heavy atom. The van der Waals surface area contributed by atoms with E-state index >= 15 is 0 Å². The summed E-state index contributed by atoms with van der Waals surface area (Å²) < 4.78 is 2.79. The number of hydrogen-bond donors (Lipinski definition) is 1. The van der Waals surface area contributed by atoms with E-state index in [1.54, 1.807) is 12.3 Å². The molecule has 5 heteroatoms. The largest absolute Gasteiger partial charge is 0.478 e. The summed E-state index contributed by atoms with van der Waals surface area (Å²) in [6.45, 7) is 0.803. The van der Waals surface area contributed by atoms with E-state index in [0.29, 0.717) is 11.5 Å². The average molecular weight is 338 g/mol. The van der Waals surface area contributed by atoms with Gasteiger partial charge in [0.05, 0.1) is 10.2 Å². The Labute approximate surface area is 123 Å². The zero-order valence-electron chi connectivity index (χ0n) is 10.0. The molecular formula is C14H12BrNO2S. The molecule has 0 saturated heterocycles. The summed E-state index contributed by atoms with van der Waals surface area (Å²) in [4.78, 5) is 12.3. The number of aromatic carboxylic acids is 1. The molecule has 3 rings (SSSR count). The molecule has 0 radical (unpaired) electrons. The van der Waals surface area contributed by atoms with Crippen molar-refractivity contribution in [3.63, 3.8) is 0 Å². The molecule has 0 bridgehead atoms. The number of hydrogen-bond acceptors (Lipinski definition) is 2. The molecule has 1 aromatic carbocycles. The van der Waals surface area contributed by atoms with Crippen molar-refractivity contribution < 1.29 is 9.90 Å². The van der Waals surface area contributed by atoms with Crippen molar-refractivity contribution in [2.45, 2.75) is 17.4 Å². The number of carboxylic acids is 1. The molecule has 1 aliphatic heterocycles. The van der Waals surface area contributed by atoms with Gasteiger partial charge in [-0.05, 0) is 33.6 Å². The Hall–Kier alpha value is -1.20. The highest BCUT2D eigenvalue weighted by Crippen LogP contribution is 2.40. The van der Waals surface area contributed by atoms with E-state index in [-0.39, 0.29) is 0 Å². The molecule has 2 aromatic rings. The van der Waals surface area contributed by atoms with Gasteiger partial charge in [-0.2, -0.15) is 0 Å². The molecule has 1 atom stereocenters. The van der Waals surface area contributed by atoms with Gasteiger partial charge < -0.3 is 9.67 Å². The Kier molecular flexibility index (Phi) is 3.41. The van der Waals surface area contributed by atoms with Crippen LogP contribution < -0.4 is 0 Å². The second-order valence-corrected chi connectivity index (χ2v) is 6.43. The molecule has 2 heterocycles. The third-order valence-corrected chi connectivity index (χ3v) is 5.24. The Balaban J connectivity index is 1.85. The van der Waals surface area contributed by atoms with E-state index in [4.69, 9.17) is 5.11 Å². The van der Waals surface area contributed by atoms with Crippen LogP contribution in [0.15, 0.2) is 46.0 Å². The number of fused-ring (bicyclic) bond motifs is 1. The predicted octanol–water partition coefficient (Wildman–Crippen LogP) is 3.84. The van der Waals surface area contributed by atoms with Gasteiger partial charge in [-0.3, -0.25) is 0 Å². The molecule has 0 spiro atoms. The van der Waals surface area contributed by atoms with E-state index in [0.717, 1.165) is 16.9 Å². The van der Waals surface area contributed by atoms with E-state index < -0.39 is 5.97 Å².